The minimum absolute atomic E-state index is 0.308. The van der Waals surface area contributed by atoms with E-state index in [1.807, 2.05) is 12.1 Å². The number of rotatable bonds is 3. The predicted octanol–water partition coefficient (Wildman–Crippen LogP) is 4.27. The van der Waals surface area contributed by atoms with Crippen LogP contribution >= 0.6 is 0 Å². The molecule has 114 valence electrons. The zero-order chi connectivity index (χ0) is 15.6. The minimum Gasteiger partial charge on any atom is -0.475 e. The summed E-state index contributed by atoms with van der Waals surface area (Å²) in [5, 5.41) is 8.96. The van der Waals surface area contributed by atoms with Crippen molar-refractivity contribution in [3.63, 3.8) is 0 Å². The van der Waals surface area contributed by atoms with Crippen LogP contribution in [0, 0.1) is 11.3 Å². The van der Waals surface area contributed by atoms with Crippen molar-refractivity contribution < 1.29 is 14.7 Å². The molecule has 1 aliphatic carbocycles. The lowest BCUT2D eigenvalue weighted by Gasteiger charge is -2.37. The van der Waals surface area contributed by atoms with Gasteiger partial charge in [-0.2, -0.15) is 0 Å². The third-order valence-corrected chi connectivity index (χ3v) is 4.79. The van der Waals surface area contributed by atoms with Crippen molar-refractivity contribution in [3.8, 4) is 0 Å². The zero-order valence-electron chi connectivity index (χ0n) is 13.1. The second-order valence-corrected chi connectivity index (χ2v) is 7.14. The summed E-state index contributed by atoms with van der Waals surface area (Å²) < 4.78 is 0. The van der Waals surface area contributed by atoms with Gasteiger partial charge >= 0.3 is 5.97 Å². The summed E-state index contributed by atoms with van der Waals surface area (Å²) in [6.45, 7) is 6.83. The largest absolute Gasteiger partial charge is 0.475 e. The van der Waals surface area contributed by atoms with E-state index < -0.39 is 11.8 Å². The molecule has 3 heteroatoms. The molecule has 3 nitrogen and oxygen atoms in total. The number of hydrogen-bond donors (Lipinski definition) is 1. The summed E-state index contributed by atoms with van der Waals surface area (Å²) >= 11 is 0. The summed E-state index contributed by atoms with van der Waals surface area (Å²) in [6, 6.07) is 7.18. The first kappa shape index (κ1) is 15.7. The van der Waals surface area contributed by atoms with Gasteiger partial charge in [0.1, 0.15) is 0 Å². The van der Waals surface area contributed by atoms with E-state index in [0.29, 0.717) is 22.8 Å². The number of carboxylic acid groups (broad SMARTS) is 1. The van der Waals surface area contributed by atoms with Crippen LogP contribution in [0.3, 0.4) is 0 Å². The van der Waals surface area contributed by atoms with Crippen molar-refractivity contribution in [1.82, 2.24) is 0 Å². The zero-order valence-corrected chi connectivity index (χ0v) is 13.1. The Morgan fingerprint density at radius 1 is 1.05 bits per heavy atom. The van der Waals surface area contributed by atoms with Gasteiger partial charge in [-0.15, -0.1) is 0 Å². The number of hydrogen-bond acceptors (Lipinski definition) is 2. The second-order valence-electron chi connectivity index (χ2n) is 7.14. The third kappa shape index (κ3) is 3.52. The molecule has 0 aliphatic heterocycles. The molecule has 0 heterocycles. The van der Waals surface area contributed by atoms with Crippen molar-refractivity contribution in [1.29, 1.82) is 0 Å². The highest BCUT2D eigenvalue weighted by Crippen LogP contribution is 2.43. The average Bonchev–Trinajstić information content (AvgIpc) is 2.45. The molecule has 1 N–H and O–H groups in total. The fourth-order valence-corrected chi connectivity index (χ4v) is 3.45. The van der Waals surface area contributed by atoms with E-state index in [1.54, 1.807) is 12.1 Å². The predicted molar refractivity (Wildman–Crippen MR) is 82.6 cm³/mol. The fraction of sp³-hybridized carbons (Fsp3) is 0.556. The Hall–Kier alpha value is -1.64. The van der Waals surface area contributed by atoms with Gasteiger partial charge in [-0.1, -0.05) is 45.0 Å². The number of benzene rings is 1. The minimum atomic E-state index is -1.37. The maximum absolute atomic E-state index is 11.8. The van der Waals surface area contributed by atoms with Gasteiger partial charge in [-0.05, 0) is 48.5 Å². The molecule has 1 aromatic rings. The second kappa shape index (κ2) is 6.00. The van der Waals surface area contributed by atoms with Crippen LogP contribution in [0.4, 0.5) is 0 Å². The molecule has 2 rings (SSSR count). The van der Waals surface area contributed by atoms with Crippen LogP contribution in [0.2, 0.25) is 0 Å². The number of aliphatic carboxylic acids is 1. The summed E-state index contributed by atoms with van der Waals surface area (Å²) in [5.41, 5.74) is 1.60. The lowest BCUT2D eigenvalue weighted by molar-refractivity contribution is -0.131. The molecule has 1 saturated carbocycles. The number of carbonyl (C=O) groups excluding carboxylic acids is 1. The molecule has 0 unspecified atom stereocenters. The first-order chi connectivity index (χ1) is 9.80. The van der Waals surface area contributed by atoms with Crippen LogP contribution in [0.15, 0.2) is 24.3 Å². The van der Waals surface area contributed by atoms with Crippen molar-refractivity contribution in [2.75, 3.05) is 0 Å². The van der Waals surface area contributed by atoms with E-state index in [-0.39, 0.29) is 0 Å². The Morgan fingerprint density at radius 2 is 1.62 bits per heavy atom. The summed E-state index contributed by atoms with van der Waals surface area (Å²) in [6.07, 6.45) is 4.35. The SMILES string of the molecule is CC(C)(C)C1CCC(c2ccccc2C(=O)C(=O)O)CC1. The number of ketones is 1. The Balaban J connectivity index is 2.18. The topological polar surface area (TPSA) is 54.4 Å². The summed E-state index contributed by atoms with van der Waals surface area (Å²) in [7, 11) is 0. The van der Waals surface area contributed by atoms with Crippen molar-refractivity contribution >= 4 is 11.8 Å². The van der Waals surface area contributed by atoms with Crippen LogP contribution in [-0.2, 0) is 4.79 Å². The Kier molecular flexibility index (Phi) is 4.50. The molecule has 1 aliphatic rings. The molecular formula is C18H24O3. The smallest absolute Gasteiger partial charge is 0.377 e. The first-order valence-electron chi connectivity index (χ1n) is 7.67. The maximum atomic E-state index is 11.8. The highest BCUT2D eigenvalue weighted by molar-refractivity contribution is 6.40. The number of Topliss-reactive ketones (excluding diaryl/α,β-unsaturated/α-hetero) is 1. The van der Waals surface area contributed by atoms with Gasteiger partial charge in [0.2, 0.25) is 0 Å². The van der Waals surface area contributed by atoms with Crippen LogP contribution < -0.4 is 0 Å². The van der Waals surface area contributed by atoms with E-state index in [4.69, 9.17) is 5.11 Å². The van der Waals surface area contributed by atoms with E-state index in [2.05, 4.69) is 20.8 Å². The summed E-state index contributed by atoms with van der Waals surface area (Å²) in [4.78, 5) is 22.8. The van der Waals surface area contributed by atoms with Crippen molar-refractivity contribution in [3.05, 3.63) is 35.4 Å². The normalized spacial score (nSPS) is 22.8. The number of carbonyl (C=O) groups is 2. The van der Waals surface area contributed by atoms with Gasteiger partial charge in [0.15, 0.2) is 0 Å². The number of carboxylic acids is 1. The summed E-state index contributed by atoms with van der Waals surface area (Å²) in [5.74, 6) is -1.14. The first-order valence-corrected chi connectivity index (χ1v) is 7.67. The third-order valence-electron chi connectivity index (χ3n) is 4.79. The van der Waals surface area contributed by atoms with Crippen LogP contribution in [0.5, 0.6) is 0 Å². The lowest BCUT2D eigenvalue weighted by Crippen LogP contribution is -2.26. The molecular weight excluding hydrogens is 264 g/mol. The lowest BCUT2D eigenvalue weighted by atomic mass is 9.68. The van der Waals surface area contributed by atoms with Gasteiger partial charge < -0.3 is 5.11 Å². The molecule has 0 aromatic heterocycles. The van der Waals surface area contributed by atoms with Gasteiger partial charge in [-0.3, -0.25) is 4.79 Å². The Labute approximate surface area is 126 Å². The molecule has 21 heavy (non-hydrogen) atoms. The van der Waals surface area contributed by atoms with E-state index in [0.717, 1.165) is 31.2 Å². The molecule has 0 saturated heterocycles. The molecule has 0 bridgehead atoms. The molecule has 1 aromatic carbocycles. The van der Waals surface area contributed by atoms with E-state index in [1.165, 1.54) is 0 Å². The Bertz CT molecular complexity index is 532. The standard InChI is InChI=1S/C18H24O3/c1-18(2,3)13-10-8-12(9-11-13)14-6-4-5-7-15(14)16(19)17(20)21/h4-7,12-13H,8-11H2,1-3H3,(H,20,21). The highest BCUT2D eigenvalue weighted by atomic mass is 16.4. The highest BCUT2D eigenvalue weighted by Gasteiger charge is 2.32. The van der Waals surface area contributed by atoms with Crippen LogP contribution in [0.25, 0.3) is 0 Å². The van der Waals surface area contributed by atoms with Crippen molar-refractivity contribution in [2.24, 2.45) is 11.3 Å². The average molecular weight is 288 g/mol. The van der Waals surface area contributed by atoms with Crippen molar-refractivity contribution in [2.45, 2.75) is 52.4 Å². The Morgan fingerprint density at radius 3 is 2.14 bits per heavy atom. The fourth-order valence-electron chi connectivity index (χ4n) is 3.45. The van der Waals surface area contributed by atoms with E-state index >= 15 is 0 Å². The van der Waals surface area contributed by atoms with Gasteiger partial charge in [0.25, 0.3) is 5.78 Å². The van der Waals surface area contributed by atoms with Gasteiger partial charge in [0.05, 0.1) is 0 Å². The van der Waals surface area contributed by atoms with Gasteiger partial charge in [-0.25, -0.2) is 4.79 Å². The molecule has 0 atom stereocenters. The molecule has 1 fully saturated rings. The molecule has 0 amide bonds. The molecule has 0 spiro atoms. The van der Waals surface area contributed by atoms with Gasteiger partial charge in [0, 0.05) is 5.56 Å². The molecule has 0 radical (unpaired) electrons. The van der Waals surface area contributed by atoms with Crippen LogP contribution in [0.1, 0.15) is 68.3 Å². The van der Waals surface area contributed by atoms with E-state index in [9.17, 15) is 9.59 Å². The quantitative estimate of drug-likeness (QED) is 0.667. The maximum Gasteiger partial charge on any atom is 0.377 e. The monoisotopic (exact) mass is 288 g/mol. The van der Waals surface area contributed by atoms with Crippen LogP contribution in [-0.4, -0.2) is 16.9 Å².